The van der Waals surface area contributed by atoms with Crippen molar-refractivity contribution in [2.24, 2.45) is 29.1 Å². The van der Waals surface area contributed by atoms with E-state index in [2.05, 4.69) is 92.6 Å². The molecule has 2 aliphatic rings. The van der Waals surface area contributed by atoms with E-state index in [0.717, 1.165) is 51.4 Å². The number of carbonyl (C=O) groups excluding carboxylic acids is 1. The van der Waals surface area contributed by atoms with E-state index in [0.29, 0.717) is 31.0 Å². The van der Waals surface area contributed by atoms with Gasteiger partial charge in [0.25, 0.3) is 0 Å². The molecule has 5 N–H and O–H groups in total. The number of unbranched alkanes of at least 4 members (excludes halogenated alkanes) is 1. The van der Waals surface area contributed by atoms with Crippen molar-refractivity contribution in [1.29, 1.82) is 0 Å². The predicted molar refractivity (Wildman–Crippen MR) is 222 cm³/mol. The van der Waals surface area contributed by atoms with Crippen molar-refractivity contribution >= 4 is 5.97 Å². The maximum atomic E-state index is 13.1. The summed E-state index contributed by atoms with van der Waals surface area (Å²) in [4.78, 5) is 13.1. The van der Waals surface area contributed by atoms with E-state index < -0.39 is 5.41 Å². The standard InChI is InChI=1S/C24H36O3.C6H12O2.C6H14O.C5H10O.2C2H4/c1-16(2)18-7-9-20-19(13-18)8-10-21-23(20,4)11-6-12-24(21,5)22(26)27-15-17(3)14-25;7-5-3-1-2-4-6-8;1-3-4-6(2)5-7;1-3-5(2)4-6;2*1-2/h7,9,13,16-17,21,25H,6,8,10-12,14-15H2,1-5H3;1,3,7-8H,2,4-6H2;6-7H,3-5H2,1-2H3;3,5-6H,1,4H2,2H3;2*1-2H2/b;3-1-;;;;/t17?,21?,23-,24?;;;;;/m1...../s1. The second kappa shape index (κ2) is 31.9. The summed E-state index contributed by atoms with van der Waals surface area (Å²) in [6.07, 6.45) is 14.4. The molecule has 52 heavy (non-hydrogen) atoms. The number of carbonyl (C=O) groups is 1. The minimum absolute atomic E-state index is 0.00550. The van der Waals surface area contributed by atoms with Crippen LogP contribution in [0, 0.1) is 29.1 Å². The summed E-state index contributed by atoms with van der Waals surface area (Å²) in [5.41, 5.74) is 3.94. The molecule has 0 amide bonds. The molecule has 6 atom stereocenters. The molecule has 2 aliphatic carbocycles. The molecule has 5 unspecified atom stereocenters. The molecule has 7 nitrogen and oxygen atoms in total. The lowest BCUT2D eigenvalue weighted by atomic mass is 9.49. The van der Waals surface area contributed by atoms with Gasteiger partial charge < -0.3 is 30.3 Å². The monoisotopic (exact) mass is 733 g/mol. The number of hydrogen-bond donors (Lipinski definition) is 5. The number of aryl methyl sites for hydroxylation is 1. The molecule has 302 valence electrons. The molecule has 1 saturated carbocycles. The van der Waals surface area contributed by atoms with Crippen LogP contribution in [-0.4, -0.2) is 71.1 Å². The molecule has 0 heterocycles. The molecule has 0 bridgehead atoms. The van der Waals surface area contributed by atoms with Crippen LogP contribution in [0.1, 0.15) is 129 Å². The van der Waals surface area contributed by atoms with E-state index in [1.165, 1.54) is 23.1 Å². The number of esters is 1. The third kappa shape index (κ3) is 19.5. The number of aliphatic hydroxyl groups excluding tert-OH is 5. The second-order valence-electron chi connectivity index (χ2n) is 14.7. The molecule has 0 saturated heterocycles. The fourth-order valence-corrected chi connectivity index (χ4v) is 6.61. The Balaban J connectivity index is -0.000000785. The molecule has 3 rings (SSSR count). The molecule has 0 spiro atoms. The quantitative estimate of drug-likeness (QED) is 0.0734. The zero-order valence-electron chi connectivity index (χ0n) is 34.5. The molecule has 0 aromatic heterocycles. The highest BCUT2D eigenvalue weighted by molar-refractivity contribution is 5.77. The third-order valence-electron chi connectivity index (χ3n) is 9.91. The Kier molecular flexibility index (Phi) is 33.0. The lowest BCUT2D eigenvalue weighted by molar-refractivity contribution is -0.166. The summed E-state index contributed by atoms with van der Waals surface area (Å²) >= 11 is 0. The normalized spacial score (nSPS) is 21.5. The van der Waals surface area contributed by atoms with Crippen LogP contribution >= 0.6 is 0 Å². The third-order valence-corrected chi connectivity index (χ3v) is 9.91. The zero-order valence-corrected chi connectivity index (χ0v) is 34.5. The first-order valence-electron chi connectivity index (χ1n) is 19.4. The van der Waals surface area contributed by atoms with E-state index in [9.17, 15) is 9.90 Å². The fourth-order valence-electron chi connectivity index (χ4n) is 6.61. The van der Waals surface area contributed by atoms with Crippen molar-refractivity contribution in [3.63, 3.8) is 0 Å². The molecule has 0 aliphatic heterocycles. The van der Waals surface area contributed by atoms with E-state index in [1.807, 2.05) is 19.9 Å². The first kappa shape index (κ1) is 53.8. The Morgan fingerprint density at radius 1 is 0.923 bits per heavy atom. The molecule has 0 radical (unpaired) electrons. The summed E-state index contributed by atoms with van der Waals surface area (Å²) in [6, 6.07) is 7.01. The van der Waals surface area contributed by atoms with Gasteiger partial charge >= 0.3 is 5.97 Å². The number of hydrogen-bond acceptors (Lipinski definition) is 7. The lowest BCUT2D eigenvalue weighted by Crippen LogP contribution is -2.53. The highest BCUT2D eigenvalue weighted by Gasteiger charge is 2.55. The average Bonchev–Trinajstić information content (AvgIpc) is 3.17. The highest BCUT2D eigenvalue weighted by atomic mass is 16.5. The van der Waals surface area contributed by atoms with Crippen LogP contribution in [0.4, 0.5) is 0 Å². The Labute approximate surface area is 319 Å². The molecular weight excluding hydrogens is 652 g/mol. The Bertz CT molecular complexity index is 1070. The van der Waals surface area contributed by atoms with Gasteiger partial charge in [0.2, 0.25) is 0 Å². The van der Waals surface area contributed by atoms with Crippen LogP contribution in [0.2, 0.25) is 0 Å². The van der Waals surface area contributed by atoms with Crippen LogP contribution in [-0.2, 0) is 21.4 Å². The van der Waals surface area contributed by atoms with Gasteiger partial charge in [0, 0.05) is 32.3 Å². The van der Waals surface area contributed by atoms with Crippen molar-refractivity contribution in [3.8, 4) is 0 Å². The van der Waals surface area contributed by atoms with Gasteiger partial charge in [0.05, 0.1) is 18.6 Å². The Morgan fingerprint density at radius 2 is 1.54 bits per heavy atom. The summed E-state index contributed by atoms with van der Waals surface area (Å²) < 4.78 is 5.67. The lowest BCUT2D eigenvalue weighted by Gasteiger charge is -2.54. The van der Waals surface area contributed by atoms with E-state index >= 15 is 0 Å². The van der Waals surface area contributed by atoms with Gasteiger partial charge in [-0.2, -0.15) is 0 Å². The number of aliphatic hydroxyl groups is 5. The molecule has 7 heteroatoms. The van der Waals surface area contributed by atoms with E-state index in [1.54, 1.807) is 12.2 Å². The minimum atomic E-state index is -0.434. The van der Waals surface area contributed by atoms with Gasteiger partial charge in [0.1, 0.15) is 0 Å². The van der Waals surface area contributed by atoms with Gasteiger partial charge in [-0.1, -0.05) is 97.7 Å². The smallest absolute Gasteiger partial charge is 0.312 e. The minimum Gasteiger partial charge on any atom is -0.465 e. The van der Waals surface area contributed by atoms with Crippen LogP contribution in [0.25, 0.3) is 0 Å². The van der Waals surface area contributed by atoms with Crippen LogP contribution in [0.3, 0.4) is 0 Å². The number of allylic oxidation sites excluding steroid dienone is 1. The van der Waals surface area contributed by atoms with Gasteiger partial charge in [-0.05, 0) is 97.6 Å². The highest BCUT2D eigenvalue weighted by Crippen LogP contribution is 2.57. The van der Waals surface area contributed by atoms with Crippen molar-refractivity contribution in [2.75, 3.05) is 39.6 Å². The first-order chi connectivity index (χ1) is 24.7. The average molecular weight is 733 g/mol. The van der Waals surface area contributed by atoms with Crippen LogP contribution in [0.15, 0.2) is 69.3 Å². The largest absolute Gasteiger partial charge is 0.465 e. The zero-order chi connectivity index (χ0) is 40.8. The fraction of sp³-hybridized carbons (Fsp3) is 0.667. The van der Waals surface area contributed by atoms with Crippen molar-refractivity contribution in [1.82, 2.24) is 0 Å². The SMILES string of the molecule is C=C.C=C.C=CC(C)CO.CC(CO)COC(=O)C1(C)CCC[C@]2(C)c3ccc(C(C)C)cc3CCC12.CCCC(C)CO.OC/C=C\CCCO. The van der Waals surface area contributed by atoms with Gasteiger partial charge in [-0.15, -0.1) is 32.9 Å². The van der Waals surface area contributed by atoms with Crippen LogP contribution < -0.4 is 0 Å². The summed E-state index contributed by atoms with van der Waals surface area (Å²) in [5.74, 6) is 1.54. The van der Waals surface area contributed by atoms with Crippen molar-refractivity contribution < 1.29 is 35.1 Å². The molecular formula is C45H80O7. The Hall–Kier alpha value is -2.55. The van der Waals surface area contributed by atoms with Crippen LogP contribution in [0.5, 0.6) is 0 Å². The van der Waals surface area contributed by atoms with E-state index in [-0.39, 0.29) is 49.6 Å². The molecule has 1 fully saturated rings. The predicted octanol–water partition coefficient (Wildman–Crippen LogP) is 9.12. The topological polar surface area (TPSA) is 127 Å². The van der Waals surface area contributed by atoms with Gasteiger partial charge in [0.15, 0.2) is 0 Å². The number of rotatable bonds is 14. The summed E-state index contributed by atoms with van der Waals surface area (Å²) in [7, 11) is 0. The maximum Gasteiger partial charge on any atom is 0.312 e. The molecule has 1 aromatic carbocycles. The summed E-state index contributed by atoms with van der Waals surface area (Å²) in [5, 5.41) is 42.4. The van der Waals surface area contributed by atoms with E-state index in [4.69, 9.17) is 25.2 Å². The number of benzene rings is 1. The summed E-state index contributed by atoms with van der Waals surface area (Å²) in [6.45, 7) is 33.7. The maximum absolute atomic E-state index is 13.1. The van der Waals surface area contributed by atoms with Gasteiger partial charge in [-0.25, -0.2) is 0 Å². The first-order valence-corrected chi connectivity index (χ1v) is 19.4. The van der Waals surface area contributed by atoms with Crippen molar-refractivity contribution in [3.05, 3.63) is 86.0 Å². The van der Waals surface area contributed by atoms with Gasteiger partial charge in [-0.3, -0.25) is 4.79 Å². The molecule has 1 aromatic rings. The van der Waals surface area contributed by atoms with Crippen molar-refractivity contribution in [2.45, 2.75) is 125 Å². The second-order valence-corrected chi connectivity index (χ2v) is 14.7. The Morgan fingerprint density at radius 3 is 1.98 bits per heavy atom. The number of ether oxygens (including phenoxy) is 1. The number of fused-ring (bicyclic) bond motifs is 3.